The van der Waals surface area contributed by atoms with Gasteiger partial charge in [0, 0.05) is 30.8 Å². The Morgan fingerprint density at radius 2 is 1.89 bits per heavy atom. The lowest BCUT2D eigenvalue weighted by molar-refractivity contribution is -0.118. The van der Waals surface area contributed by atoms with Gasteiger partial charge in [-0.25, -0.2) is 0 Å². The van der Waals surface area contributed by atoms with Gasteiger partial charge in [-0.1, -0.05) is 19.1 Å². The van der Waals surface area contributed by atoms with Crippen LogP contribution in [0.2, 0.25) is 0 Å². The summed E-state index contributed by atoms with van der Waals surface area (Å²) in [6, 6.07) is 13.6. The highest BCUT2D eigenvalue weighted by molar-refractivity contribution is 5.98. The van der Waals surface area contributed by atoms with E-state index in [1.165, 1.54) is 0 Å². The second-order valence-corrected chi connectivity index (χ2v) is 7.31. The van der Waals surface area contributed by atoms with Crippen LogP contribution in [0.25, 0.3) is 0 Å². The summed E-state index contributed by atoms with van der Waals surface area (Å²) >= 11 is 0. The molecule has 0 unspecified atom stereocenters. The second kappa shape index (κ2) is 8.91. The molecule has 0 saturated carbocycles. The lowest BCUT2D eigenvalue weighted by Gasteiger charge is -2.16. The molecule has 148 valence electrons. The second-order valence-electron chi connectivity index (χ2n) is 7.31. The molecular formula is C23H28N2O3. The maximum atomic E-state index is 12.5. The van der Waals surface area contributed by atoms with Crippen LogP contribution in [0.3, 0.4) is 0 Å². The number of anilines is 1. The van der Waals surface area contributed by atoms with Gasteiger partial charge in [-0.3, -0.25) is 9.59 Å². The Bertz CT molecular complexity index is 843. The van der Waals surface area contributed by atoms with Gasteiger partial charge in [-0.2, -0.15) is 0 Å². The van der Waals surface area contributed by atoms with Gasteiger partial charge in [0.15, 0.2) is 0 Å². The summed E-state index contributed by atoms with van der Waals surface area (Å²) < 4.78 is 5.64. The van der Waals surface area contributed by atoms with Crippen molar-refractivity contribution in [3.63, 3.8) is 0 Å². The van der Waals surface area contributed by atoms with Crippen LogP contribution in [0.5, 0.6) is 5.75 Å². The molecule has 0 atom stereocenters. The van der Waals surface area contributed by atoms with Crippen LogP contribution in [0.1, 0.15) is 48.7 Å². The average molecular weight is 380 g/mol. The first kappa shape index (κ1) is 19.9. The Balaban J connectivity index is 1.54. The maximum absolute atomic E-state index is 12.5. The summed E-state index contributed by atoms with van der Waals surface area (Å²) in [5.41, 5.74) is 3.80. The summed E-state index contributed by atoms with van der Waals surface area (Å²) in [6.07, 6.45) is 2.21. The molecule has 1 aliphatic heterocycles. The number of fused-ring (bicyclic) bond motifs is 1. The number of carbonyl (C=O) groups is 2. The Hall–Kier alpha value is -2.82. The standard InChI is InChI=1S/C23H28N2O3/c1-4-22(26)25-14-12-18-15-19(7-10-21(18)25)23(27)24-13-11-17-5-8-20(9-6-17)28-16(2)3/h5-10,15-16H,4,11-14H2,1-3H3,(H,24,27). The SMILES string of the molecule is CCC(=O)N1CCc2cc(C(=O)NCCc3ccc(OC(C)C)cc3)ccc21. The maximum Gasteiger partial charge on any atom is 0.251 e. The van der Waals surface area contributed by atoms with E-state index < -0.39 is 0 Å². The number of hydrogen-bond acceptors (Lipinski definition) is 3. The highest BCUT2D eigenvalue weighted by Crippen LogP contribution is 2.29. The summed E-state index contributed by atoms with van der Waals surface area (Å²) in [5.74, 6) is 0.903. The fourth-order valence-corrected chi connectivity index (χ4v) is 3.42. The van der Waals surface area contributed by atoms with E-state index in [2.05, 4.69) is 5.32 Å². The fourth-order valence-electron chi connectivity index (χ4n) is 3.42. The zero-order valence-corrected chi connectivity index (χ0v) is 16.8. The van der Waals surface area contributed by atoms with Crippen LogP contribution in [0.4, 0.5) is 5.69 Å². The molecule has 1 aliphatic rings. The first-order chi connectivity index (χ1) is 13.5. The minimum Gasteiger partial charge on any atom is -0.491 e. The lowest BCUT2D eigenvalue weighted by atomic mass is 10.1. The molecule has 2 aromatic carbocycles. The Labute approximate surface area is 166 Å². The summed E-state index contributed by atoms with van der Waals surface area (Å²) in [5, 5.41) is 2.98. The largest absolute Gasteiger partial charge is 0.491 e. The average Bonchev–Trinajstić information content (AvgIpc) is 3.11. The van der Waals surface area contributed by atoms with Crippen molar-refractivity contribution in [3.8, 4) is 5.75 Å². The molecule has 0 aromatic heterocycles. The Morgan fingerprint density at radius 1 is 1.14 bits per heavy atom. The van der Waals surface area contributed by atoms with Gasteiger partial charge in [0.05, 0.1) is 6.10 Å². The van der Waals surface area contributed by atoms with Gasteiger partial charge in [-0.15, -0.1) is 0 Å². The highest BCUT2D eigenvalue weighted by Gasteiger charge is 2.24. The fraction of sp³-hybridized carbons (Fsp3) is 0.391. The van der Waals surface area contributed by atoms with E-state index in [0.717, 1.165) is 35.4 Å². The third kappa shape index (κ3) is 4.71. The molecule has 5 heteroatoms. The first-order valence-electron chi connectivity index (χ1n) is 9.95. The lowest BCUT2D eigenvalue weighted by Crippen LogP contribution is -2.28. The predicted octanol–water partition coefficient (Wildman–Crippen LogP) is 3.75. The molecule has 2 aromatic rings. The van der Waals surface area contributed by atoms with Crippen molar-refractivity contribution in [2.75, 3.05) is 18.0 Å². The Kier molecular flexibility index (Phi) is 6.34. The topological polar surface area (TPSA) is 58.6 Å². The van der Waals surface area contributed by atoms with Crippen LogP contribution in [-0.2, 0) is 17.6 Å². The third-order valence-corrected chi connectivity index (χ3v) is 4.84. The first-order valence-corrected chi connectivity index (χ1v) is 9.95. The number of benzene rings is 2. The van der Waals surface area contributed by atoms with Gasteiger partial charge in [0.1, 0.15) is 5.75 Å². The molecular weight excluding hydrogens is 352 g/mol. The van der Waals surface area contributed by atoms with Crippen LogP contribution in [-0.4, -0.2) is 31.0 Å². The monoisotopic (exact) mass is 380 g/mol. The van der Waals surface area contributed by atoms with E-state index in [0.29, 0.717) is 25.1 Å². The van der Waals surface area contributed by atoms with E-state index in [1.807, 2.05) is 62.1 Å². The van der Waals surface area contributed by atoms with Crippen molar-refractivity contribution in [2.45, 2.75) is 46.1 Å². The quantitative estimate of drug-likeness (QED) is 0.796. The Morgan fingerprint density at radius 3 is 2.57 bits per heavy atom. The van der Waals surface area contributed by atoms with Crippen LogP contribution >= 0.6 is 0 Å². The van der Waals surface area contributed by atoms with Crippen molar-refractivity contribution >= 4 is 17.5 Å². The van der Waals surface area contributed by atoms with E-state index in [9.17, 15) is 9.59 Å². The van der Waals surface area contributed by atoms with Gasteiger partial charge >= 0.3 is 0 Å². The molecule has 0 bridgehead atoms. The molecule has 28 heavy (non-hydrogen) atoms. The molecule has 1 heterocycles. The number of nitrogens with zero attached hydrogens (tertiary/aromatic N) is 1. The minimum absolute atomic E-state index is 0.0807. The molecule has 2 amide bonds. The van der Waals surface area contributed by atoms with Gasteiger partial charge in [0.2, 0.25) is 5.91 Å². The number of nitrogens with one attached hydrogen (secondary N) is 1. The zero-order valence-electron chi connectivity index (χ0n) is 16.8. The molecule has 0 radical (unpaired) electrons. The van der Waals surface area contributed by atoms with Crippen molar-refractivity contribution in [1.82, 2.24) is 5.32 Å². The molecule has 5 nitrogen and oxygen atoms in total. The van der Waals surface area contributed by atoms with Crippen LogP contribution in [0, 0.1) is 0 Å². The number of amides is 2. The van der Waals surface area contributed by atoms with E-state index in [4.69, 9.17) is 4.74 Å². The van der Waals surface area contributed by atoms with Gasteiger partial charge < -0.3 is 15.0 Å². The van der Waals surface area contributed by atoms with E-state index >= 15 is 0 Å². The molecule has 1 N–H and O–H groups in total. The smallest absolute Gasteiger partial charge is 0.251 e. The van der Waals surface area contributed by atoms with Crippen molar-refractivity contribution in [2.24, 2.45) is 0 Å². The summed E-state index contributed by atoms with van der Waals surface area (Å²) in [6.45, 7) is 7.14. The molecule has 0 spiro atoms. The molecule has 0 aliphatic carbocycles. The van der Waals surface area contributed by atoms with Crippen LogP contribution in [0.15, 0.2) is 42.5 Å². The van der Waals surface area contributed by atoms with Crippen LogP contribution < -0.4 is 15.0 Å². The van der Waals surface area contributed by atoms with Crippen molar-refractivity contribution in [1.29, 1.82) is 0 Å². The summed E-state index contributed by atoms with van der Waals surface area (Å²) in [7, 11) is 0. The van der Waals surface area contributed by atoms with Gasteiger partial charge in [-0.05, 0) is 68.1 Å². The van der Waals surface area contributed by atoms with E-state index in [1.54, 1.807) is 6.07 Å². The minimum atomic E-state index is -0.0807. The molecule has 3 rings (SSSR count). The van der Waals surface area contributed by atoms with Crippen molar-refractivity contribution < 1.29 is 14.3 Å². The molecule has 0 fully saturated rings. The normalized spacial score (nSPS) is 12.8. The summed E-state index contributed by atoms with van der Waals surface area (Å²) in [4.78, 5) is 26.3. The zero-order chi connectivity index (χ0) is 20.1. The number of carbonyl (C=O) groups excluding carboxylic acids is 2. The number of rotatable bonds is 7. The van der Waals surface area contributed by atoms with Gasteiger partial charge in [0.25, 0.3) is 5.91 Å². The number of hydrogen-bond donors (Lipinski definition) is 1. The van der Waals surface area contributed by atoms with Crippen molar-refractivity contribution in [3.05, 3.63) is 59.2 Å². The molecule has 0 saturated heterocycles. The van der Waals surface area contributed by atoms with E-state index in [-0.39, 0.29) is 17.9 Å². The predicted molar refractivity (Wildman–Crippen MR) is 111 cm³/mol. The number of ether oxygens (including phenoxy) is 1. The third-order valence-electron chi connectivity index (χ3n) is 4.84. The highest BCUT2D eigenvalue weighted by atomic mass is 16.5.